The van der Waals surface area contributed by atoms with Crippen LogP contribution in [-0.4, -0.2) is 67.3 Å². The number of Topliss-reactive ketones (excluding diaryl/α,β-unsaturated/α-hetero) is 1. The van der Waals surface area contributed by atoms with Gasteiger partial charge in [-0.2, -0.15) is 12.6 Å². The highest BCUT2D eigenvalue weighted by Gasteiger charge is 2.44. The van der Waals surface area contributed by atoms with Crippen molar-refractivity contribution in [2.24, 2.45) is 0 Å². The molecule has 0 bridgehead atoms. The lowest BCUT2D eigenvalue weighted by molar-refractivity contribution is -0.147. The number of carbonyl (C=O) groups excluding carboxylic acids is 5. The van der Waals surface area contributed by atoms with Crippen molar-refractivity contribution >= 4 is 65.3 Å². The first-order valence-electron chi connectivity index (χ1n) is 16.3. The van der Waals surface area contributed by atoms with Crippen LogP contribution in [0.1, 0.15) is 51.9 Å². The minimum Gasteiger partial charge on any atom is -1.00 e. The van der Waals surface area contributed by atoms with Crippen LogP contribution in [0.2, 0.25) is 0 Å². The molecule has 2 N–H and O–H groups in total. The summed E-state index contributed by atoms with van der Waals surface area (Å²) in [5.74, 6) is -2.23. The number of unbranched alkanes of at least 4 members (excludes halogenated alkanes) is 1. The molecular formula is C37H46BrN2O7PS. The lowest BCUT2D eigenvalue weighted by Gasteiger charge is -2.27. The predicted octanol–water partition coefficient (Wildman–Crippen LogP) is 0.920. The first kappa shape index (κ1) is 41.6. The summed E-state index contributed by atoms with van der Waals surface area (Å²) in [6, 6.07) is 29.7. The summed E-state index contributed by atoms with van der Waals surface area (Å²) in [6.45, 7) is 1.79. The summed E-state index contributed by atoms with van der Waals surface area (Å²) in [7, 11) is -0.788. The van der Waals surface area contributed by atoms with Crippen LogP contribution in [0.15, 0.2) is 91.0 Å². The Labute approximate surface area is 305 Å². The predicted molar refractivity (Wildman–Crippen MR) is 194 cm³/mol. The average molecular weight is 774 g/mol. The van der Waals surface area contributed by atoms with E-state index in [1.54, 1.807) is 6.92 Å². The molecule has 0 radical (unpaired) electrons. The van der Waals surface area contributed by atoms with Crippen molar-refractivity contribution in [2.45, 2.75) is 64.0 Å². The molecule has 0 aromatic heterocycles. The number of nitrogens with one attached hydrogen (secondary N) is 2. The molecule has 9 nitrogen and oxygen atoms in total. The molecule has 0 saturated heterocycles. The van der Waals surface area contributed by atoms with Crippen LogP contribution in [0.4, 0.5) is 0 Å². The van der Waals surface area contributed by atoms with E-state index in [9.17, 15) is 24.0 Å². The fourth-order valence-corrected chi connectivity index (χ4v) is 10.3. The van der Waals surface area contributed by atoms with E-state index in [1.165, 1.54) is 23.0 Å². The topological polar surface area (TPSA) is 128 Å². The van der Waals surface area contributed by atoms with Crippen molar-refractivity contribution in [1.82, 2.24) is 10.6 Å². The van der Waals surface area contributed by atoms with E-state index in [0.717, 1.165) is 12.6 Å². The molecule has 264 valence electrons. The van der Waals surface area contributed by atoms with E-state index in [-0.39, 0.29) is 73.1 Å². The highest BCUT2D eigenvalue weighted by molar-refractivity contribution is 7.95. The van der Waals surface area contributed by atoms with Gasteiger partial charge in [-0.05, 0) is 62.6 Å². The average Bonchev–Trinajstić information content (AvgIpc) is 3.12. The van der Waals surface area contributed by atoms with E-state index in [2.05, 4.69) is 101 Å². The Morgan fingerprint density at radius 2 is 1.18 bits per heavy atom. The number of methoxy groups -OCH3 is 1. The molecule has 3 rings (SSSR count). The second-order valence-corrected chi connectivity index (χ2v) is 15.2. The van der Waals surface area contributed by atoms with Crippen LogP contribution >= 0.6 is 19.9 Å². The lowest BCUT2D eigenvalue weighted by Crippen LogP contribution is -3.00. The molecule has 0 spiro atoms. The van der Waals surface area contributed by atoms with Crippen molar-refractivity contribution in [1.29, 1.82) is 0 Å². The van der Waals surface area contributed by atoms with Crippen molar-refractivity contribution < 1.29 is 50.4 Å². The molecule has 0 saturated carbocycles. The Morgan fingerprint density at radius 1 is 0.694 bits per heavy atom. The molecule has 2 atom stereocenters. The van der Waals surface area contributed by atoms with Gasteiger partial charge in [-0.25, -0.2) is 4.79 Å². The van der Waals surface area contributed by atoms with Gasteiger partial charge < -0.3 is 37.1 Å². The summed E-state index contributed by atoms with van der Waals surface area (Å²) < 4.78 is 9.73. The Kier molecular flexibility index (Phi) is 18.9. The SMILES string of the molecule is CCOC(=O)[C@H](CCC(=O)N[C@@H](CS)C(=O)CCC(=O)OC)NC(=O)CCCC[P+](c1ccccc1)(c1ccccc1)c1ccccc1.[Br-]. The number of ether oxygens (including phenoxy) is 2. The van der Waals surface area contributed by atoms with Gasteiger partial charge in [0, 0.05) is 25.0 Å². The molecule has 0 heterocycles. The number of halogens is 1. The highest BCUT2D eigenvalue weighted by Crippen LogP contribution is 2.55. The summed E-state index contributed by atoms with van der Waals surface area (Å²) in [5.41, 5.74) is 0. The molecular weight excluding hydrogens is 727 g/mol. The number of hydrogen-bond donors (Lipinski definition) is 3. The van der Waals surface area contributed by atoms with Gasteiger partial charge in [0.25, 0.3) is 0 Å². The number of benzene rings is 3. The van der Waals surface area contributed by atoms with Crippen LogP contribution in [-0.2, 0) is 33.4 Å². The van der Waals surface area contributed by atoms with Crippen molar-refractivity contribution in [3.05, 3.63) is 91.0 Å². The molecule has 3 aromatic rings. The van der Waals surface area contributed by atoms with Gasteiger partial charge in [0.1, 0.15) is 29.2 Å². The number of ketones is 1. The second kappa shape index (κ2) is 22.2. The van der Waals surface area contributed by atoms with E-state index in [0.29, 0.717) is 6.42 Å². The fourth-order valence-electron chi connectivity index (χ4n) is 5.55. The van der Waals surface area contributed by atoms with Crippen molar-refractivity contribution in [3.8, 4) is 0 Å². The minimum absolute atomic E-state index is 0. The monoisotopic (exact) mass is 772 g/mol. The number of thiol groups is 1. The number of carbonyl (C=O) groups is 5. The van der Waals surface area contributed by atoms with Crippen LogP contribution in [0.5, 0.6) is 0 Å². The molecule has 12 heteroatoms. The molecule has 0 fully saturated rings. The van der Waals surface area contributed by atoms with Crippen LogP contribution in [0.25, 0.3) is 0 Å². The maximum atomic E-state index is 13.1. The third kappa shape index (κ3) is 12.7. The summed E-state index contributed by atoms with van der Waals surface area (Å²) in [6.07, 6.45) is 2.13. The Bertz CT molecular complexity index is 1390. The van der Waals surface area contributed by atoms with Gasteiger partial charge in [-0.15, -0.1) is 0 Å². The maximum absolute atomic E-state index is 13.1. The molecule has 0 aliphatic carbocycles. The standard InChI is InChI=1S/C37H45N2O7PS.BrH/c1-3-46-37(44)31(22-24-35(42)39-32(27-48)33(40)23-25-36(43)45-2)38-34(41)21-13-14-26-47(28-15-7-4-8-16-28,29-17-9-5-10-18-29)30-19-11-6-12-20-30;/h4-12,15-20,31-32H,3,13-14,21-27H2,1-2H3,(H2-,38,39,41,42,48);1H/t31-,32-;/m0./s1. The van der Waals surface area contributed by atoms with E-state index in [1.807, 2.05) is 18.2 Å². The zero-order valence-corrected chi connectivity index (χ0v) is 31.4. The van der Waals surface area contributed by atoms with Gasteiger partial charge in [0.2, 0.25) is 11.8 Å². The summed E-state index contributed by atoms with van der Waals surface area (Å²) >= 11 is 4.15. The van der Waals surface area contributed by atoms with Gasteiger partial charge in [-0.3, -0.25) is 19.2 Å². The van der Waals surface area contributed by atoms with Gasteiger partial charge in [0.15, 0.2) is 5.78 Å². The largest absolute Gasteiger partial charge is 1.00 e. The number of rotatable bonds is 20. The number of hydrogen-bond acceptors (Lipinski definition) is 8. The molecule has 3 aromatic carbocycles. The molecule has 0 aliphatic heterocycles. The highest BCUT2D eigenvalue weighted by atomic mass is 79.9. The van der Waals surface area contributed by atoms with Crippen LogP contribution in [0.3, 0.4) is 0 Å². The smallest absolute Gasteiger partial charge is 0.328 e. The third-order valence-electron chi connectivity index (χ3n) is 8.01. The first-order chi connectivity index (χ1) is 23.2. The van der Waals surface area contributed by atoms with Crippen LogP contribution < -0.4 is 43.5 Å². The van der Waals surface area contributed by atoms with Crippen molar-refractivity contribution in [2.75, 3.05) is 25.6 Å². The van der Waals surface area contributed by atoms with E-state index < -0.39 is 37.2 Å². The Balaban J connectivity index is 0.00000833. The van der Waals surface area contributed by atoms with Gasteiger partial charge in [-0.1, -0.05) is 54.6 Å². The van der Waals surface area contributed by atoms with Crippen molar-refractivity contribution in [3.63, 3.8) is 0 Å². The van der Waals surface area contributed by atoms with Crippen LogP contribution in [0, 0.1) is 0 Å². The number of esters is 2. The zero-order valence-electron chi connectivity index (χ0n) is 28.0. The normalized spacial score (nSPS) is 12.1. The second-order valence-electron chi connectivity index (χ2n) is 11.3. The Hall–Kier alpha value is -3.53. The van der Waals surface area contributed by atoms with E-state index in [4.69, 9.17) is 4.74 Å². The van der Waals surface area contributed by atoms with Gasteiger partial charge in [0.05, 0.1) is 32.3 Å². The number of amides is 2. The summed E-state index contributed by atoms with van der Waals surface area (Å²) in [5, 5.41) is 9.19. The van der Waals surface area contributed by atoms with Gasteiger partial charge >= 0.3 is 11.9 Å². The lowest BCUT2D eigenvalue weighted by atomic mass is 10.1. The Morgan fingerprint density at radius 3 is 1.65 bits per heavy atom. The molecule has 2 amide bonds. The first-order valence-corrected chi connectivity index (χ1v) is 18.9. The molecule has 0 aliphatic rings. The zero-order chi connectivity index (χ0) is 34.8. The quantitative estimate of drug-likeness (QED) is 0.0675. The minimum atomic E-state index is -2.02. The third-order valence-corrected chi connectivity index (χ3v) is 12.9. The fraction of sp³-hybridized carbons (Fsp3) is 0.378. The van der Waals surface area contributed by atoms with E-state index >= 15 is 0 Å². The summed E-state index contributed by atoms with van der Waals surface area (Å²) in [4.78, 5) is 62.3. The molecule has 0 unspecified atom stereocenters. The maximum Gasteiger partial charge on any atom is 0.328 e. The molecule has 49 heavy (non-hydrogen) atoms.